The van der Waals surface area contributed by atoms with Gasteiger partial charge in [0, 0.05) is 11.1 Å². The number of allylic oxidation sites excluding steroid dienone is 1. The largest absolute Gasteiger partial charge is 0.490 e. The van der Waals surface area contributed by atoms with Gasteiger partial charge < -0.3 is 9.47 Å². The lowest BCUT2D eigenvalue weighted by Gasteiger charge is -2.18. The molecule has 2 N–H and O–H groups in total. The molecular weight excluding hydrogens is 419 g/mol. The number of carbonyl (C=O) groups excluding carboxylic acids is 2. The Morgan fingerprint density at radius 1 is 1.10 bits per heavy atom. The van der Waals surface area contributed by atoms with Crippen molar-refractivity contribution in [2.45, 2.75) is 20.0 Å². The second-order valence-corrected chi connectivity index (χ2v) is 7.02. The Labute approximate surface area is 184 Å². The zero-order valence-electron chi connectivity index (χ0n) is 16.9. The maximum absolute atomic E-state index is 14.0. The molecule has 6 nitrogen and oxygen atoms in total. The quantitative estimate of drug-likeness (QED) is 0.285. The first-order valence-corrected chi connectivity index (χ1v) is 9.99. The Kier molecular flexibility index (Phi) is 7.15. The molecule has 1 saturated heterocycles. The molecule has 0 spiro atoms. The number of hydrogen-bond donors (Lipinski definition) is 2. The van der Waals surface area contributed by atoms with E-state index >= 15 is 0 Å². The van der Waals surface area contributed by atoms with E-state index in [1.807, 2.05) is 6.92 Å². The van der Waals surface area contributed by atoms with Crippen molar-refractivity contribution < 1.29 is 23.5 Å². The molecule has 0 bridgehead atoms. The van der Waals surface area contributed by atoms with Crippen molar-refractivity contribution in [2.75, 3.05) is 6.61 Å². The summed E-state index contributed by atoms with van der Waals surface area (Å²) in [5.41, 5.74) is 1.61. The number of halogens is 1. The molecule has 2 amide bonds. The molecule has 160 valence electrons. The molecule has 1 aliphatic heterocycles. The van der Waals surface area contributed by atoms with Crippen LogP contribution in [0, 0.1) is 5.82 Å². The van der Waals surface area contributed by atoms with Crippen LogP contribution in [0.15, 0.2) is 54.6 Å². The molecule has 0 atom stereocenters. The summed E-state index contributed by atoms with van der Waals surface area (Å²) in [5.74, 6) is -0.670. The molecule has 1 heterocycles. The van der Waals surface area contributed by atoms with Crippen molar-refractivity contribution in [3.63, 3.8) is 0 Å². The van der Waals surface area contributed by atoms with Gasteiger partial charge in [-0.3, -0.25) is 20.2 Å². The lowest BCUT2D eigenvalue weighted by molar-refractivity contribution is -0.123. The van der Waals surface area contributed by atoms with Crippen LogP contribution in [0.4, 0.5) is 4.39 Å². The Balaban J connectivity index is 1.99. The highest BCUT2D eigenvalue weighted by molar-refractivity contribution is 7.80. The molecule has 1 fully saturated rings. The molecule has 0 aromatic heterocycles. The van der Waals surface area contributed by atoms with Gasteiger partial charge in [-0.1, -0.05) is 24.3 Å². The number of nitrogens with one attached hydrogen (secondary N) is 2. The highest BCUT2D eigenvalue weighted by atomic mass is 32.1. The van der Waals surface area contributed by atoms with E-state index in [4.69, 9.17) is 21.7 Å². The average Bonchev–Trinajstić information content (AvgIpc) is 2.71. The molecule has 0 aliphatic carbocycles. The van der Waals surface area contributed by atoms with Gasteiger partial charge >= 0.3 is 0 Å². The van der Waals surface area contributed by atoms with Crippen LogP contribution in [0.2, 0.25) is 0 Å². The number of rotatable bonds is 8. The van der Waals surface area contributed by atoms with Crippen LogP contribution in [0.5, 0.6) is 11.5 Å². The fraction of sp³-hybridized carbons (Fsp3) is 0.174. The summed E-state index contributed by atoms with van der Waals surface area (Å²) in [6, 6.07) is 9.78. The van der Waals surface area contributed by atoms with Gasteiger partial charge in [0.05, 0.1) is 6.61 Å². The van der Waals surface area contributed by atoms with Crippen molar-refractivity contribution >= 4 is 35.2 Å². The van der Waals surface area contributed by atoms with Crippen LogP contribution >= 0.6 is 12.2 Å². The Morgan fingerprint density at radius 3 is 2.45 bits per heavy atom. The topological polar surface area (TPSA) is 76.7 Å². The first kappa shape index (κ1) is 22.2. The van der Waals surface area contributed by atoms with Gasteiger partial charge in [-0.2, -0.15) is 0 Å². The second-order valence-electron chi connectivity index (χ2n) is 6.61. The summed E-state index contributed by atoms with van der Waals surface area (Å²) >= 11 is 4.82. The maximum atomic E-state index is 14.0. The van der Waals surface area contributed by atoms with Crippen molar-refractivity contribution in [1.29, 1.82) is 0 Å². The van der Waals surface area contributed by atoms with Crippen molar-refractivity contribution in [1.82, 2.24) is 10.6 Å². The van der Waals surface area contributed by atoms with Gasteiger partial charge in [-0.15, -0.1) is 6.58 Å². The first-order valence-electron chi connectivity index (χ1n) is 9.58. The summed E-state index contributed by atoms with van der Waals surface area (Å²) < 4.78 is 25.7. The zero-order chi connectivity index (χ0) is 22.4. The van der Waals surface area contributed by atoms with Gasteiger partial charge in [0.15, 0.2) is 16.6 Å². The number of benzene rings is 2. The van der Waals surface area contributed by atoms with Crippen LogP contribution < -0.4 is 20.1 Å². The van der Waals surface area contributed by atoms with Crippen LogP contribution in [0.25, 0.3) is 6.08 Å². The van der Waals surface area contributed by atoms with Crippen LogP contribution in [0.3, 0.4) is 0 Å². The monoisotopic (exact) mass is 440 g/mol. The molecule has 2 aromatic rings. The predicted molar refractivity (Wildman–Crippen MR) is 119 cm³/mol. The summed E-state index contributed by atoms with van der Waals surface area (Å²) in [7, 11) is 0. The molecule has 0 radical (unpaired) electrons. The lowest BCUT2D eigenvalue weighted by Crippen LogP contribution is -2.51. The minimum absolute atomic E-state index is 0.0135. The Hall–Kier alpha value is -3.52. The Morgan fingerprint density at radius 2 is 1.81 bits per heavy atom. The van der Waals surface area contributed by atoms with E-state index in [9.17, 15) is 14.0 Å². The fourth-order valence-electron chi connectivity index (χ4n) is 3.04. The number of carbonyl (C=O) groups is 2. The van der Waals surface area contributed by atoms with Crippen molar-refractivity contribution in [3.8, 4) is 11.5 Å². The summed E-state index contributed by atoms with van der Waals surface area (Å²) in [6.45, 7) is 5.96. The standard InChI is InChI=1S/C23H21FN2O4S/c1-3-7-15-10-14(11-17-21(27)25-23(31)26-22(17)28)12-19(29-4-2)20(15)30-13-16-8-5-6-9-18(16)24/h3,5-6,8-12H,1,4,7,13H2,2H3,(H2,25,26,27,28,31). The van der Waals surface area contributed by atoms with E-state index in [-0.39, 0.29) is 23.1 Å². The number of hydrogen-bond acceptors (Lipinski definition) is 5. The fourth-order valence-corrected chi connectivity index (χ4v) is 3.22. The third-order valence-electron chi connectivity index (χ3n) is 4.40. The smallest absolute Gasteiger partial charge is 0.263 e. The highest BCUT2D eigenvalue weighted by Gasteiger charge is 2.26. The van der Waals surface area contributed by atoms with Gasteiger partial charge in [-0.25, -0.2) is 4.39 Å². The van der Waals surface area contributed by atoms with Gasteiger partial charge in [-0.05, 0) is 55.4 Å². The summed E-state index contributed by atoms with van der Waals surface area (Å²) in [6.07, 6.45) is 3.57. The third-order valence-corrected chi connectivity index (χ3v) is 4.61. The van der Waals surface area contributed by atoms with E-state index in [0.29, 0.717) is 35.7 Å². The lowest BCUT2D eigenvalue weighted by atomic mass is 10.0. The third kappa shape index (κ3) is 5.35. The maximum Gasteiger partial charge on any atom is 0.263 e. The van der Waals surface area contributed by atoms with E-state index < -0.39 is 11.8 Å². The van der Waals surface area contributed by atoms with E-state index in [1.54, 1.807) is 36.4 Å². The molecule has 8 heteroatoms. The second kappa shape index (κ2) is 9.99. The SMILES string of the molecule is C=CCc1cc(C=C2C(=O)NC(=S)NC2=O)cc(OCC)c1OCc1ccccc1F. The van der Waals surface area contributed by atoms with Gasteiger partial charge in [0.25, 0.3) is 11.8 Å². The summed E-state index contributed by atoms with van der Waals surface area (Å²) in [5, 5.41) is 4.76. The van der Waals surface area contributed by atoms with E-state index in [0.717, 1.165) is 5.56 Å². The number of ether oxygens (including phenoxy) is 2. The zero-order valence-corrected chi connectivity index (χ0v) is 17.7. The average molecular weight is 440 g/mol. The molecule has 1 aliphatic rings. The predicted octanol–water partition coefficient (Wildman–Crippen LogP) is 3.45. The molecule has 0 saturated carbocycles. The first-order chi connectivity index (χ1) is 14.9. The van der Waals surface area contributed by atoms with Crippen LogP contribution in [0.1, 0.15) is 23.6 Å². The minimum Gasteiger partial charge on any atom is -0.490 e. The van der Waals surface area contributed by atoms with E-state index in [2.05, 4.69) is 17.2 Å². The normalized spacial score (nSPS) is 13.4. The highest BCUT2D eigenvalue weighted by Crippen LogP contribution is 2.35. The molecule has 31 heavy (non-hydrogen) atoms. The van der Waals surface area contributed by atoms with Crippen molar-refractivity contribution in [3.05, 3.63) is 77.1 Å². The van der Waals surface area contributed by atoms with Crippen molar-refractivity contribution in [2.24, 2.45) is 0 Å². The minimum atomic E-state index is -0.586. The van der Waals surface area contributed by atoms with Gasteiger partial charge in [0.2, 0.25) is 0 Å². The number of thiocarbonyl (C=S) groups is 1. The molecule has 3 rings (SSSR count). The van der Waals surface area contributed by atoms with Crippen LogP contribution in [-0.2, 0) is 22.6 Å². The number of amides is 2. The molecule has 2 aromatic carbocycles. The summed E-state index contributed by atoms with van der Waals surface area (Å²) in [4.78, 5) is 24.3. The Bertz CT molecular complexity index is 1060. The van der Waals surface area contributed by atoms with E-state index in [1.165, 1.54) is 12.1 Å². The van der Waals surface area contributed by atoms with Crippen LogP contribution in [-0.4, -0.2) is 23.5 Å². The molecule has 0 unspecified atom stereocenters. The van der Waals surface area contributed by atoms with Gasteiger partial charge in [0.1, 0.15) is 18.0 Å². The molecular formula is C23H21FN2O4S.